The molecule has 0 aromatic heterocycles. The Balaban J connectivity index is -0.000000778. The summed E-state index contributed by atoms with van der Waals surface area (Å²) in [5.41, 5.74) is 2.46. The second-order valence-electron chi connectivity index (χ2n) is 13.4. The molecule has 0 aliphatic carbocycles. The molecular weight excluding hydrogens is 1140 g/mol. The van der Waals surface area contributed by atoms with Crippen molar-refractivity contribution in [1.29, 1.82) is 10.5 Å². The van der Waals surface area contributed by atoms with Crippen LogP contribution in [-0.4, -0.2) is 89.0 Å². The van der Waals surface area contributed by atoms with E-state index in [9.17, 15) is 18.8 Å². The van der Waals surface area contributed by atoms with Gasteiger partial charge in [0.05, 0.1) is 76.5 Å². The fourth-order valence-corrected chi connectivity index (χ4v) is 6.94. The SMILES string of the molecule is C.COC(=O)c1ccc(F)cc1Cl.COC(=O)c1ccc(N2CCCC(C#N)C2)cc1Cl.N#CC1CCCN(c2ccc(C(=O)O)c(Cl)c2)C1.O=CO[O-].[C-]#[N+]C1CCCNC1.[Cs+].[Cs+].[H-]. The predicted octanol–water partition coefficient (Wildman–Crippen LogP) is 1.76. The minimum Gasteiger partial charge on any atom is -1.00 e. The Morgan fingerprint density at radius 1 is 0.844 bits per heavy atom. The fraction of sp³-hybridized carbons (Fsp3) is 0.419. The number of piperidine rings is 3. The van der Waals surface area contributed by atoms with E-state index in [0.29, 0.717) is 23.7 Å². The average molecular weight is 1190 g/mol. The van der Waals surface area contributed by atoms with E-state index in [-0.39, 0.29) is 192 Å². The second-order valence-corrected chi connectivity index (χ2v) is 14.6. The number of esters is 2. The summed E-state index contributed by atoms with van der Waals surface area (Å²) < 4.78 is 21.5. The number of hydrogen-bond donors (Lipinski definition) is 2. The number of methoxy groups -OCH3 is 2. The molecule has 6 rings (SSSR count). The summed E-state index contributed by atoms with van der Waals surface area (Å²) >= 11 is 17.6. The molecule has 0 spiro atoms. The number of benzene rings is 3. The molecule has 0 radical (unpaired) electrons. The Hall–Kier alpha value is -1.57. The van der Waals surface area contributed by atoms with Crippen molar-refractivity contribution in [3.8, 4) is 12.1 Å². The molecule has 2 N–H and O–H groups in total. The van der Waals surface area contributed by atoms with Gasteiger partial charge in [0.1, 0.15) is 5.82 Å². The molecule has 21 heteroatoms. The molecule has 3 aromatic carbocycles. The van der Waals surface area contributed by atoms with Crippen LogP contribution in [0.1, 0.15) is 78.5 Å². The largest absolute Gasteiger partial charge is 1.00 e. The Labute approximate surface area is 508 Å². The van der Waals surface area contributed by atoms with E-state index in [1.54, 1.807) is 24.3 Å². The van der Waals surface area contributed by atoms with E-state index in [0.717, 1.165) is 81.8 Å². The molecule has 0 saturated carbocycles. The van der Waals surface area contributed by atoms with Crippen LogP contribution < -0.4 is 158 Å². The Bertz CT molecular complexity index is 2070. The van der Waals surface area contributed by atoms with Gasteiger partial charge in [0.2, 0.25) is 6.04 Å². The second kappa shape index (κ2) is 36.5. The van der Waals surface area contributed by atoms with E-state index in [4.69, 9.17) is 67.1 Å². The van der Waals surface area contributed by atoms with Crippen molar-refractivity contribution in [1.82, 2.24) is 5.32 Å². The number of anilines is 2. The summed E-state index contributed by atoms with van der Waals surface area (Å²) in [7, 11) is 2.57. The van der Waals surface area contributed by atoms with Gasteiger partial charge in [0.15, 0.2) is 0 Å². The van der Waals surface area contributed by atoms with Gasteiger partial charge in [-0.3, -0.25) is 4.79 Å². The summed E-state index contributed by atoms with van der Waals surface area (Å²) in [5, 5.41) is 39.1. The van der Waals surface area contributed by atoms with Crippen LogP contribution in [0.4, 0.5) is 15.8 Å². The Morgan fingerprint density at radius 3 is 1.61 bits per heavy atom. The van der Waals surface area contributed by atoms with Crippen molar-refractivity contribution >= 4 is 70.6 Å². The number of halogens is 4. The number of aromatic carboxylic acids is 1. The monoisotopic (exact) mass is 1180 g/mol. The number of carboxylic acids is 1. The molecule has 336 valence electrons. The number of carbonyl (C=O) groups excluding carboxylic acids is 3. The van der Waals surface area contributed by atoms with Crippen molar-refractivity contribution in [3.63, 3.8) is 0 Å². The summed E-state index contributed by atoms with van der Waals surface area (Å²) in [6.07, 6.45) is 6.10. The van der Waals surface area contributed by atoms with Gasteiger partial charge in [-0.2, -0.15) is 10.5 Å². The van der Waals surface area contributed by atoms with Crippen molar-refractivity contribution in [2.75, 3.05) is 63.3 Å². The molecule has 3 saturated heterocycles. The van der Waals surface area contributed by atoms with Crippen molar-refractivity contribution in [2.24, 2.45) is 11.8 Å². The summed E-state index contributed by atoms with van der Waals surface area (Å²) in [4.78, 5) is 52.1. The van der Waals surface area contributed by atoms with Crippen molar-refractivity contribution in [2.45, 2.75) is 52.0 Å². The molecule has 3 heterocycles. The molecule has 3 fully saturated rings. The third-order valence-electron chi connectivity index (χ3n) is 9.31. The molecule has 3 unspecified atom stereocenters. The number of rotatable bonds is 6. The third kappa shape index (κ3) is 23.0. The number of carboxylic acid groups (broad SMARTS) is 1. The predicted molar refractivity (Wildman–Crippen MR) is 233 cm³/mol. The van der Waals surface area contributed by atoms with Crippen LogP contribution >= 0.6 is 34.8 Å². The fourth-order valence-electron chi connectivity index (χ4n) is 6.19. The molecule has 0 amide bonds. The molecule has 15 nitrogen and oxygen atoms in total. The maximum Gasteiger partial charge on any atom is 1.00 e. The Morgan fingerprint density at radius 2 is 1.28 bits per heavy atom. The molecule has 3 aromatic rings. The van der Waals surface area contributed by atoms with Gasteiger partial charge in [-0.05, 0) is 93.2 Å². The summed E-state index contributed by atoms with van der Waals surface area (Å²) in [6.45, 7) is 11.7. The first-order valence-electron chi connectivity index (χ1n) is 18.8. The molecular formula is C43H50Cl3Cs2FN6O9. The summed E-state index contributed by atoms with van der Waals surface area (Å²) in [5.74, 6) is -2.41. The smallest absolute Gasteiger partial charge is 1.00 e. The van der Waals surface area contributed by atoms with Gasteiger partial charge in [-0.25, -0.2) is 25.3 Å². The maximum atomic E-state index is 12.5. The normalized spacial score (nSPS) is 16.8. The van der Waals surface area contributed by atoms with Gasteiger partial charge >= 0.3 is 156 Å². The molecule has 3 aliphatic heterocycles. The number of nitrogens with zero attached hydrogens (tertiary/aromatic N) is 5. The van der Waals surface area contributed by atoms with E-state index in [1.165, 1.54) is 32.8 Å². The van der Waals surface area contributed by atoms with Gasteiger partial charge in [0.25, 0.3) is 6.47 Å². The van der Waals surface area contributed by atoms with E-state index in [2.05, 4.69) is 46.5 Å². The van der Waals surface area contributed by atoms with Crippen molar-refractivity contribution < 1.29 is 188 Å². The first kappa shape index (κ1) is 64.5. The number of hydrogen-bond acceptors (Lipinski definition) is 13. The standard InChI is InChI=1S/C14H15ClN2O2.C13H13ClN2O2.C8H6ClFO2.C6H10N2.CH2O3.CH4.2Cs.H/c1-19-14(18)12-5-4-11(7-13(12)15)17-6-2-3-10(8-16)9-17;14-12-6-10(3-4-11(12)13(17)18)16-5-1-2-9(7-15)8-16;1-12-8(11)6-3-2-5(10)4-7(6)9;1-7-6-3-2-4-8-5-6;2-1-4-3;;;;/h4-5,7,10H,2-3,6,9H2,1H3;3-4,6,9H,1-2,5,8H2,(H,17,18);2-4H,1H3;6,8H,2-5H2;1,3H;1H4;;;/q;;;;;;2*+1;-1/p-1. The van der Waals surface area contributed by atoms with Gasteiger partial charge < -0.3 is 46.1 Å². The van der Waals surface area contributed by atoms with Crippen LogP contribution in [-0.2, 0) is 19.2 Å². The number of nitrogens with one attached hydrogen (secondary N) is 1. The number of nitriles is 2. The summed E-state index contributed by atoms with van der Waals surface area (Å²) in [6, 6.07) is 18.5. The van der Waals surface area contributed by atoms with Gasteiger partial charge in [-0.1, -0.05) is 42.2 Å². The first-order valence-corrected chi connectivity index (χ1v) is 19.9. The number of ether oxygens (including phenoxy) is 2. The minimum atomic E-state index is -1.03. The quantitative estimate of drug-likeness (QED) is 0.119. The van der Waals surface area contributed by atoms with Crippen LogP contribution in [0.25, 0.3) is 4.85 Å². The van der Waals surface area contributed by atoms with Crippen molar-refractivity contribution in [3.05, 3.63) is 104 Å². The van der Waals surface area contributed by atoms with Crippen LogP contribution in [0.15, 0.2) is 54.6 Å². The topological polar surface area (TPSA) is 210 Å². The first-order chi connectivity index (χ1) is 29.3. The Kier molecular flexibility index (Phi) is 36.8. The zero-order valence-corrected chi connectivity index (χ0v) is 50.3. The average Bonchev–Trinajstić information content (AvgIpc) is 3.29. The minimum absolute atomic E-state index is 0. The molecule has 0 bridgehead atoms. The van der Waals surface area contributed by atoms with Crippen LogP contribution in [0.5, 0.6) is 0 Å². The maximum absolute atomic E-state index is 12.5. The molecule has 3 aliphatic rings. The van der Waals surface area contributed by atoms with E-state index < -0.39 is 23.7 Å². The zero-order valence-electron chi connectivity index (χ0n) is 36.5. The van der Waals surface area contributed by atoms with E-state index >= 15 is 0 Å². The number of carbonyl (C=O) groups is 4. The van der Waals surface area contributed by atoms with Gasteiger partial charge in [0, 0.05) is 44.0 Å². The zero-order chi connectivity index (χ0) is 45.3. The third-order valence-corrected chi connectivity index (χ3v) is 10.2. The molecule has 3 atom stereocenters. The van der Waals surface area contributed by atoms with Gasteiger partial charge in [-0.15, -0.1) is 0 Å². The van der Waals surface area contributed by atoms with Crippen LogP contribution in [0.3, 0.4) is 0 Å². The van der Waals surface area contributed by atoms with Crippen LogP contribution in [0, 0.1) is 46.9 Å². The molecule has 64 heavy (non-hydrogen) atoms. The van der Waals surface area contributed by atoms with Crippen LogP contribution in [0.2, 0.25) is 15.1 Å². The van der Waals surface area contributed by atoms with E-state index in [1.807, 2.05) is 6.07 Å².